The minimum absolute atomic E-state index is 0.0990. The van der Waals surface area contributed by atoms with Gasteiger partial charge in [0.2, 0.25) is 0 Å². The lowest BCUT2D eigenvalue weighted by Crippen LogP contribution is -2.25. The molecule has 0 radical (unpaired) electrons. The third kappa shape index (κ3) is 4.08. The smallest absolute Gasteiger partial charge is 0.344 e. The number of hydrogen-bond acceptors (Lipinski definition) is 6. The quantitative estimate of drug-likeness (QED) is 0.619. The number of carbonyl (C=O) groups excluding carboxylic acids is 1. The van der Waals surface area contributed by atoms with Gasteiger partial charge in [0, 0.05) is 24.2 Å². The Bertz CT molecular complexity index is 1150. The zero-order valence-electron chi connectivity index (χ0n) is 16.6. The SMILES string of the molecule is Cc1ccc2nc(COC(=O)COc3cccc4c3OC(C)(C)C4)cc(=O)n2c1. The summed E-state index contributed by atoms with van der Waals surface area (Å²) in [5, 5.41) is 0. The third-order valence-electron chi connectivity index (χ3n) is 4.64. The van der Waals surface area contributed by atoms with Crippen molar-refractivity contribution >= 4 is 11.6 Å². The Hall–Kier alpha value is -3.35. The first-order valence-corrected chi connectivity index (χ1v) is 9.39. The number of pyridine rings is 1. The lowest BCUT2D eigenvalue weighted by atomic mass is 10.0. The van der Waals surface area contributed by atoms with Gasteiger partial charge >= 0.3 is 5.97 Å². The number of nitrogens with zero attached hydrogens (tertiary/aromatic N) is 2. The highest BCUT2D eigenvalue weighted by molar-refractivity contribution is 5.71. The van der Waals surface area contributed by atoms with Gasteiger partial charge < -0.3 is 14.2 Å². The predicted molar refractivity (Wildman–Crippen MR) is 106 cm³/mol. The van der Waals surface area contributed by atoms with E-state index in [1.165, 1.54) is 10.5 Å². The summed E-state index contributed by atoms with van der Waals surface area (Å²) in [4.78, 5) is 28.7. The predicted octanol–water partition coefficient (Wildman–Crippen LogP) is 2.84. The fourth-order valence-electron chi connectivity index (χ4n) is 3.37. The summed E-state index contributed by atoms with van der Waals surface area (Å²) in [7, 11) is 0. The lowest BCUT2D eigenvalue weighted by Gasteiger charge is -2.18. The Morgan fingerprint density at radius 3 is 2.93 bits per heavy atom. The zero-order valence-corrected chi connectivity index (χ0v) is 16.6. The van der Waals surface area contributed by atoms with Crippen LogP contribution in [-0.2, 0) is 22.6 Å². The highest BCUT2D eigenvalue weighted by atomic mass is 16.6. The largest absolute Gasteiger partial charge is 0.483 e. The molecule has 0 aliphatic carbocycles. The average molecular weight is 394 g/mol. The van der Waals surface area contributed by atoms with Gasteiger partial charge in [-0.25, -0.2) is 9.78 Å². The van der Waals surface area contributed by atoms with Crippen LogP contribution < -0.4 is 15.0 Å². The molecule has 0 N–H and O–H groups in total. The van der Waals surface area contributed by atoms with Gasteiger partial charge in [-0.15, -0.1) is 0 Å². The topological polar surface area (TPSA) is 79.1 Å². The summed E-state index contributed by atoms with van der Waals surface area (Å²) in [5.41, 5.74) is 2.38. The molecule has 0 unspecified atom stereocenters. The second kappa shape index (κ2) is 7.24. The highest BCUT2D eigenvalue weighted by Gasteiger charge is 2.32. The Kier molecular flexibility index (Phi) is 4.74. The van der Waals surface area contributed by atoms with Crippen molar-refractivity contribution in [1.82, 2.24) is 9.38 Å². The number of benzene rings is 1. The van der Waals surface area contributed by atoms with Crippen LogP contribution in [0.15, 0.2) is 47.4 Å². The van der Waals surface area contributed by atoms with E-state index in [0.29, 0.717) is 22.8 Å². The Morgan fingerprint density at radius 1 is 1.28 bits per heavy atom. The monoisotopic (exact) mass is 394 g/mol. The molecule has 0 spiro atoms. The summed E-state index contributed by atoms with van der Waals surface area (Å²) in [6, 6.07) is 10.6. The van der Waals surface area contributed by atoms with E-state index in [0.717, 1.165) is 17.5 Å². The van der Waals surface area contributed by atoms with E-state index in [2.05, 4.69) is 4.98 Å². The molecule has 150 valence electrons. The number of carbonyl (C=O) groups is 1. The van der Waals surface area contributed by atoms with Crippen LogP contribution in [0.5, 0.6) is 11.5 Å². The number of para-hydroxylation sites is 1. The van der Waals surface area contributed by atoms with Crippen molar-refractivity contribution in [3.8, 4) is 11.5 Å². The minimum Gasteiger partial charge on any atom is -0.483 e. The van der Waals surface area contributed by atoms with Crippen molar-refractivity contribution in [3.63, 3.8) is 0 Å². The normalized spacial score (nSPS) is 14.3. The molecule has 3 heterocycles. The zero-order chi connectivity index (χ0) is 20.6. The van der Waals surface area contributed by atoms with E-state index < -0.39 is 5.97 Å². The number of hydrogen-bond donors (Lipinski definition) is 0. The summed E-state index contributed by atoms with van der Waals surface area (Å²) in [6.07, 6.45) is 2.50. The number of rotatable bonds is 5. The Balaban J connectivity index is 1.38. The molecule has 29 heavy (non-hydrogen) atoms. The van der Waals surface area contributed by atoms with Crippen molar-refractivity contribution < 1.29 is 19.0 Å². The molecule has 0 fully saturated rings. The molecule has 7 nitrogen and oxygen atoms in total. The van der Waals surface area contributed by atoms with Crippen LogP contribution in [0.4, 0.5) is 0 Å². The van der Waals surface area contributed by atoms with Gasteiger partial charge in [-0.3, -0.25) is 9.20 Å². The van der Waals surface area contributed by atoms with Crippen LogP contribution in [0.1, 0.15) is 30.7 Å². The molecule has 3 aromatic rings. The fraction of sp³-hybridized carbons (Fsp3) is 0.318. The van der Waals surface area contributed by atoms with Crippen molar-refractivity contribution in [2.45, 2.75) is 39.4 Å². The number of esters is 1. The first kappa shape index (κ1) is 19.0. The Labute approximate surface area is 167 Å². The maximum Gasteiger partial charge on any atom is 0.344 e. The van der Waals surface area contributed by atoms with E-state index in [-0.39, 0.29) is 24.4 Å². The number of fused-ring (bicyclic) bond motifs is 2. The van der Waals surface area contributed by atoms with Gasteiger partial charge in [0.25, 0.3) is 5.56 Å². The second-order valence-electron chi connectivity index (χ2n) is 7.75. The third-order valence-corrected chi connectivity index (χ3v) is 4.64. The van der Waals surface area contributed by atoms with Gasteiger partial charge in [-0.1, -0.05) is 18.2 Å². The van der Waals surface area contributed by atoms with Crippen LogP contribution in [-0.4, -0.2) is 27.6 Å². The molecule has 4 rings (SSSR count). The number of ether oxygens (including phenoxy) is 3. The van der Waals surface area contributed by atoms with Crippen LogP contribution in [0.25, 0.3) is 5.65 Å². The maximum absolute atomic E-state index is 12.2. The second-order valence-corrected chi connectivity index (χ2v) is 7.75. The van der Waals surface area contributed by atoms with E-state index in [9.17, 15) is 9.59 Å². The van der Waals surface area contributed by atoms with Crippen LogP contribution in [0.2, 0.25) is 0 Å². The molecule has 1 aliphatic heterocycles. The maximum atomic E-state index is 12.2. The molecule has 1 aliphatic rings. The molecule has 0 bridgehead atoms. The average Bonchev–Trinajstić information content (AvgIpc) is 2.99. The van der Waals surface area contributed by atoms with E-state index in [1.54, 1.807) is 18.3 Å². The number of aryl methyl sites for hydroxylation is 1. The van der Waals surface area contributed by atoms with E-state index >= 15 is 0 Å². The van der Waals surface area contributed by atoms with Gasteiger partial charge in [0.1, 0.15) is 17.9 Å². The Morgan fingerprint density at radius 2 is 2.10 bits per heavy atom. The van der Waals surface area contributed by atoms with Crippen molar-refractivity contribution in [2.75, 3.05) is 6.61 Å². The summed E-state index contributed by atoms with van der Waals surface area (Å²) in [5.74, 6) is 0.637. The summed E-state index contributed by atoms with van der Waals surface area (Å²) < 4.78 is 18.2. The highest BCUT2D eigenvalue weighted by Crippen LogP contribution is 2.41. The molecular weight excluding hydrogens is 372 g/mol. The standard InChI is InChI=1S/C22H22N2O5/c1-14-7-8-18-23-16(9-19(25)24(18)11-14)12-28-20(26)13-27-17-6-4-5-15-10-22(2,3)29-21(15)17/h4-9,11H,10,12-13H2,1-3H3. The molecule has 2 aromatic heterocycles. The van der Waals surface area contributed by atoms with Crippen molar-refractivity contribution in [2.24, 2.45) is 0 Å². The van der Waals surface area contributed by atoms with Gasteiger partial charge in [0.15, 0.2) is 18.1 Å². The van der Waals surface area contributed by atoms with Gasteiger partial charge in [-0.05, 0) is 38.5 Å². The van der Waals surface area contributed by atoms with Crippen LogP contribution in [0, 0.1) is 6.92 Å². The van der Waals surface area contributed by atoms with Crippen LogP contribution >= 0.6 is 0 Å². The molecule has 0 saturated heterocycles. The first-order chi connectivity index (χ1) is 13.8. The van der Waals surface area contributed by atoms with E-state index in [1.807, 2.05) is 39.0 Å². The molecule has 0 atom stereocenters. The molecule has 0 amide bonds. The van der Waals surface area contributed by atoms with Gasteiger partial charge in [0.05, 0.1) is 5.69 Å². The summed E-state index contributed by atoms with van der Waals surface area (Å²) in [6.45, 7) is 5.55. The molecule has 0 saturated carbocycles. The van der Waals surface area contributed by atoms with Crippen molar-refractivity contribution in [1.29, 1.82) is 0 Å². The van der Waals surface area contributed by atoms with E-state index in [4.69, 9.17) is 14.2 Å². The molecule has 1 aromatic carbocycles. The van der Waals surface area contributed by atoms with Crippen LogP contribution in [0.3, 0.4) is 0 Å². The minimum atomic E-state index is -0.550. The lowest BCUT2D eigenvalue weighted by molar-refractivity contribution is -0.147. The number of aromatic nitrogens is 2. The fourth-order valence-corrected chi connectivity index (χ4v) is 3.37. The first-order valence-electron chi connectivity index (χ1n) is 9.39. The molecular formula is C22H22N2O5. The summed E-state index contributed by atoms with van der Waals surface area (Å²) >= 11 is 0. The molecule has 7 heteroatoms. The van der Waals surface area contributed by atoms with Gasteiger partial charge in [-0.2, -0.15) is 0 Å². The van der Waals surface area contributed by atoms with Crippen molar-refractivity contribution in [3.05, 3.63) is 69.8 Å².